The lowest BCUT2D eigenvalue weighted by atomic mass is 9.97. The highest BCUT2D eigenvalue weighted by atomic mass is 16.5. The van der Waals surface area contributed by atoms with Crippen molar-refractivity contribution >= 4 is 5.91 Å². The van der Waals surface area contributed by atoms with Gasteiger partial charge in [-0.1, -0.05) is 58.8 Å². The fourth-order valence-corrected chi connectivity index (χ4v) is 1.96. The lowest BCUT2D eigenvalue weighted by Gasteiger charge is -2.11. The molecule has 1 unspecified atom stereocenters. The first-order chi connectivity index (χ1) is 7.76. The van der Waals surface area contributed by atoms with Gasteiger partial charge in [0, 0.05) is 5.92 Å². The average molecular weight is 229 g/mol. The first-order valence-electron chi connectivity index (χ1n) is 6.70. The number of nitrogens with one attached hydrogen (secondary N) is 1. The topological polar surface area (TPSA) is 49.3 Å². The third kappa shape index (κ3) is 7.69. The van der Waals surface area contributed by atoms with Crippen LogP contribution in [0.3, 0.4) is 0 Å². The molecule has 0 saturated heterocycles. The number of hydroxylamine groups is 1. The van der Waals surface area contributed by atoms with Crippen LogP contribution in [0.1, 0.15) is 71.6 Å². The fraction of sp³-hybridized carbons (Fsp3) is 0.923. The first kappa shape index (κ1) is 15.4. The molecule has 0 aromatic rings. The van der Waals surface area contributed by atoms with Crippen LogP contribution in [0.5, 0.6) is 0 Å². The van der Waals surface area contributed by atoms with Gasteiger partial charge in [-0.2, -0.15) is 0 Å². The summed E-state index contributed by atoms with van der Waals surface area (Å²) in [6.07, 6.45) is 10.6. The van der Waals surface area contributed by atoms with Gasteiger partial charge in [-0.25, -0.2) is 5.48 Å². The first-order valence-corrected chi connectivity index (χ1v) is 6.70. The molecular formula is C13H27NO2. The van der Waals surface area contributed by atoms with Crippen LogP contribution in [-0.4, -0.2) is 11.1 Å². The molecule has 0 aliphatic rings. The van der Waals surface area contributed by atoms with Crippen molar-refractivity contribution in [1.29, 1.82) is 0 Å². The van der Waals surface area contributed by atoms with Gasteiger partial charge in [-0.05, 0) is 12.8 Å². The van der Waals surface area contributed by atoms with Crippen LogP contribution in [0.2, 0.25) is 0 Å². The van der Waals surface area contributed by atoms with Crippen LogP contribution in [0.15, 0.2) is 0 Å². The monoisotopic (exact) mass is 229 g/mol. The second-order valence-electron chi connectivity index (χ2n) is 4.49. The summed E-state index contributed by atoms with van der Waals surface area (Å²) in [4.78, 5) is 11.2. The molecule has 0 heterocycles. The minimum absolute atomic E-state index is 0.0133. The van der Waals surface area contributed by atoms with Gasteiger partial charge < -0.3 is 0 Å². The minimum Gasteiger partial charge on any atom is -0.289 e. The minimum atomic E-state index is -0.228. The summed E-state index contributed by atoms with van der Waals surface area (Å²) in [5.74, 6) is -0.242. The van der Waals surface area contributed by atoms with Crippen molar-refractivity contribution in [3.05, 3.63) is 0 Å². The predicted octanol–water partition coefficient (Wildman–Crippen LogP) is 3.66. The predicted molar refractivity (Wildman–Crippen MR) is 66.3 cm³/mol. The lowest BCUT2D eigenvalue weighted by molar-refractivity contribution is -0.133. The van der Waals surface area contributed by atoms with E-state index in [4.69, 9.17) is 5.21 Å². The maximum absolute atomic E-state index is 11.2. The summed E-state index contributed by atoms with van der Waals surface area (Å²) in [7, 11) is 0. The Labute approximate surface area is 99.6 Å². The van der Waals surface area contributed by atoms with Crippen molar-refractivity contribution in [3.63, 3.8) is 0 Å². The second-order valence-corrected chi connectivity index (χ2v) is 4.49. The molecule has 0 aromatic heterocycles. The standard InChI is InChI=1S/C13H27NO2/c1-3-5-6-7-8-9-10-11-12(4-2)13(15)14-16/h12,16H,3-11H2,1-2H3,(H,14,15). The molecule has 0 bridgehead atoms. The SMILES string of the molecule is CCCCCCCCCC(CC)C(=O)NO. The summed E-state index contributed by atoms with van der Waals surface area (Å²) in [5.41, 5.74) is 1.75. The lowest BCUT2D eigenvalue weighted by Crippen LogP contribution is -2.27. The Morgan fingerprint density at radius 3 is 2.12 bits per heavy atom. The number of carbonyl (C=O) groups excluding carboxylic acids is 1. The van der Waals surface area contributed by atoms with Gasteiger partial charge in [0.25, 0.3) is 0 Å². The number of carbonyl (C=O) groups is 1. The quantitative estimate of drug-likeness (QED) is 0.341. The van der Waals surface area contributed by atoms with Crippen LogP contribution >= 0.6 is 0 Å². The Hall–Kier alpha value is -0.570. The Morgan fingerprint density at radius 1 is 1.06 bits per heavy atom. The molecule has 0 aliphatic carbocycles. The molecule has 3 heteroatoms. The van der Waals surface area contributed by atoms with Gasteiger partial charge >= 0.3 is 0 Å². The van der Waals surface area contributed by atoms with E-state index in [-0.39, 0.29) is 11.8 Å². The van der Waals surface area contributed by atoms with E-state index < -0.39 is 0 Å². The highest BCUT2D eigenvalue weighted by Gasteiger charge is 2.14. The van der Waals surface area contributed by atoms with Crippen molar-refractivity contribution < 1.29 is 10.0 Å². The number of amides is 1. The number of unbranched alkanes of at least 4 members (excludes halogenated alkanes) is 6. The largest absolute Gasteiger partial charge is 0.289 e. The molecule has 0 aliphatic heterocycles. The van der Waals surface area contributed by atoms with Gasteiger partial charge in [0.2, 0.25) is 5.91 Å². The molecular weight excluding hydrogens is 202 g/mol. The maximum atomic E-state index is 11.2. The Balaban J connectivity index is 3.38. The fourth-order valence-electron chi connectivity index (χ4n) is 1.96. The van der Waals surface area contributed by atoms with Crippen LogP contribution < -0.4 is 5.48 Å². The van der Waals surface area contributed by atoms with Gasteiger partial charge in [0.05, 0.1) is 0 Å². The molecule has 0 rings (SSSR count). The molecule has 96 valence electrons. The van der Waals surface area contributed by atoms with Gasteiger partial charge in [-0.3, -0.25) is 10.0 Å². The van der Waals surface area contributed by atoms with E-state index in [1.54, 1.807) is 5.48 Å². The highest BCUT2D eigenvalue weighted by Crippen LogP contribution is 2.15. The molecule has 1 amide bonds. The molecule has 0 spiro atoms. The summed E-state index contributed by atoms with van der Waals surface area (Å²) < 4.78 is 0. The zero-order valence-electron chi connectivity index (χ0n) is 10.8. The van der Waals surface area contributed by atoms with E-state index in [1.165, 1.54) is 38.5 Å². The molecule has 0 fully saturated rings. The number of rotatable bonds is 10. The Morgan fingerprint density at radius 2 is 1.62 bits per heavy atom. The average Bonchev–Trinajstić information content (AvgIpc) is 2.32. The smallest absolute Gasteiger partial charge is 0.246 e. The van der Waals surface area contributed by atoms with E-state index >= 15 is 0 Å². The molecule has 0 radical (unpaired) electrons. The summed E-state index contributed by atoms with van der Waals surface area (Å²) in [5, 5.41) is 8.54. The van der Waals surface area contributed by atoms with E-state index in [0.29, 0.717) is 0 Å². The van der Waals surface area contributed by atoms with E-state index in [0.717, 1.165) is 19.3 Å². The third-order valence-corrected chi connectivity index (χ3v) is 3.13. The molecule has 0 saturated carbocycles. The zero-order chi connectivity index (χ0) is 12.2. The van der Waals surface area contributed by atoms with Gasteiger partial charge in [-0.15, -0.1) is 0 Å². The van der Waals surface area contributed by atoms with Crippen LogP contribution in [-0.2, 0) is 4.79 Å². The molecule has 1 atom stereocenters. The van der Waals surface area contributed by atoms with Crippen molar-refractivity contribution in [2.75, 3.05) is 0 Å². The molecule has 2 N–H and O–H groups in total. The number of hydrogen-bond donors (Lipinski definition) is 2. The third-order valence-electron chi connectivity index (χ3n) is 3.13. The molecule has 0 aromatic carbocycles. The van der Waals surface area contributed by atoms with Crippen LogP contribution in [0.25, 0.3) is 0 Å². The van der Waals surface area contributed by atoms with E-state index in [2.05, 4.69) is 6.92 Å². The highest BCUT2D eigenvalue weighted by molar-refractivity contribution is 5.77. The Kier molecular flexibility index (Phi) is 10.5. The summed E-state index contributed by atoms with van der Waals surface area (Å²) >= 11 is 0. The van der Waals surface area contributed by atoms with E-state index in [1.807, 2.05) is 6.92 Å². The zero-order valence-corrected chi connectivity index (χ0v) is 10.8. The number of hydrogen-bond acceptors (Lipinski definition) is 2. The second kappa shape index (κ2) is 10.9. The van der Waals surface area contributed by atoms with Crippen molar-refractivity contribution in [3.8, 4) is 0 Å². The van der Waals surface area contributed by atoms with Crippen molar-refractivity contribution in [1.82, 2.24) is 5.48 Å². The van der Waals surface area contributed by atoms with Crippen molar-refractivity contribution in [2.24, 2.45) is 5.92 Å². The van der Waals surface area contributed by atoms with Gasteiger partial charge in [0.15, 0.2) is 0 Å². The molecule has 16 heavy (non-hydrogen) atoms. The molecule has 3 nitrogen and oxygen atoms in total. The van der Waals surface area contributed by atoms with Crippen LogP contribution in [0, 0.1) is 5.92 Å². The maximum Gasteiger partial charge on any atom is 0.246 e. The normalized spacial score (nSPS) is 12.4. The van der Waals surface area contributed by atoms with Crippen LogP contribution in [0.4, 0.5) is 0 Å². The summed E-state index contributed by atoms with van der Waals surface area (Å²) in [6.45, 7) is 4.21. The Bertz CT molecular complexity index is 171. The van der Waals surface area contributed by atoms with E-state index in [9.17, 15) is 4.79 Å². The van der Waals surface area contributed by atoms with Crippen molar-refractivity contribution in [2.45, 2.75) is 71.6 Å². The van der Waals surface area contributed by atoms with Gasteiger partial charge in [0.1, 0.15) is 0 Å². The summed E-state index contributed by atoms with van der Waals surface area (Å²) in [6, 6.07) is 0.